The average molecular weight is 240 g/mol. The van der Waals surface area contributed by atoms with Crippen molar-refractivity contribution in [3.63, 3.8) is 0 Å². The van der Waals surface area contributed by atoms with E-state index in [4.69, 9.17) is 10.00 Å². The van der Waals surface area contributed by atoms with Gasteiger partial charge in [0.1, 0.15) is 6.04 Å². The van der Waals surface area contributed by atoms with Crippen LogP contribution in [0.25, 0.3) is 0 Å². The van der Waals surface area contributed by atoms with Gasteiger partial charge >= 0.3 is 5.97 Å². The SMILES string of the molecule is COC(=O)[C@H](CCC#N)NC(=O)[C@H]1CCOC1. The van der Waals surface area contributed by atoms with Crippen molar-refractivity contribution in [3.05, 3.63) is 0 Å². The molecule has 1 heterocycles. The second-order valence-electron chi connectivity index (χ2n) is 3.84. The molecule has 0 unspecified atom stereocenters. The molecule has 0 spiro atoms. The van der Waals surface area contributed by atoms with Gasteiger partial charge in [0.25, 0.3) is 0 Å². The summed E-state index contributed by atoms with van der Waals surface area (Å²) in [6.45, 7) is 0.956. The molecule has 0 aromatic carbocycles. The Labute approximate surface area is 99.9 Å². The number of nitrogens with one attached hydrogen (secondary N) is 1. The van der Waals surface area contributed by atoms with Gasteiger partial charge in [0.2, 0.25) is 5.91 Å². The van der Waals surface area contributed by atoms with Gasteiger partial charge in [-0.05, 0) is 12.8 Å². The van der Waals surface area contributed by atoms with Gasteiger partial charge in [-0.3, -0.25) is 4.79 Å². The molecule has 0 bridgehead atoms. The molecule has 1 N–H and O–H groups in total. The van der Waals surface area contributed by atoms with Gasteiger partial charge < -0.3 is 14.8 Å². The normalized spacial score (nSPS) is 20.4. The molecule has 2 atom stereocenters. The maximum absolute atomic E-state index is 11.8. The van der Waals surface area contributed by atoms with Gasteiger partial charge in [-0.15, -0.1) is 0 Å². The first-order valence-electron chi connectivity index (χ1n) is 5.52. The number of carbonyl (C=O) groups excluding carboxylic acids is 2. The van der Waals surface area contributed by atoms with Crippen molar-refractivity contribution in [1.82, 2.24) is 5.32 Å². The van der Waals surface area contributed by atoms with Crippen LogP contribution in [0.3, 0.4) is 0 Å². The van der Waals surface area contributed by atoms with Gasteiger partial charge in [0.15, 0.2) is 0 Å². The van der Waals surface area contributed by atoms with E-state index in [0.717, 1.165) is 0 Å². The quantitative estimate of drug-likeness (QED) is 0.682. The fourth-order valence-electron chi connectivity index (χ4n) is 1.63. The molecule has 6 nitrogen and oxygen atoms in total. The smallest absolute Gasteiger partial charge is 0.328 e. The number of nitrogens with zero attached hydrogens (tertiary/aromatic N) is 1. The van der Waals surface area contributed by atoms with E-state index in [1.54, 1.807) is 0 Å². The predicted molar refractivity (Wildman–Crippen MR) is 57.7 cm³/mol. The Bertz CT molecular complexity index is 318. The summed E-state index contributed by atoms with van der Waals surface area (Å²) in [6.07, 6.45) is 1.13. The Kier molecular flexibility index (Phi) is 5.43. The summed E-state index contributed by atoms with van der Waals surface area (Å²) in [6, 6.07) is 1.19. The molecule has 1 aliphatic rings. The number of hydrogen-bond donors (Lipinski definition) is 1. The third-order valence-electron chi connectivity index (χ3n) is 2.65. The van der Waals surface area contributed by atoms with Crippen molar-refractivity contribution < 1.29 is 19.1 Å². The lowest BCUT2D eigenvalue weighted by Crippen LogP contribution is -2.44. The highest BCUT2D eigenvalue weighted by Gasteiger charge is 2.28. The molecule has 0 aromatic heterocycles. The van der Waals surface area contributed by atoms with E-state index in [1.165, 1.54) is 7.11 Å². The topological polar surface area (TPSA) is 88.4 Å². The second-order valence-corrected chi connectivity index (χ2v) is 3.84. The standard InChI is InChI=1S/C11H16N2O4/c1-16-11(15)9(3-2-5-12)13-10(14)8-4-6-17-7-8/h8-9H,2-4,6-7H2,1H3,(H,13,14)/t8-,9-/m0/s1. The molecule has 1 aliphatic heterocycles. The van der Waals surface area contributed by atoms with E-state index in [0.29, 0.717) is 19.6 Å². The monoisotopic (exact) mass is 240 g/mol. The molecular weight excluding hydrogens is 224 g/mol. The minimum absolute atomic E-state index is 0.196. The Morgan fingerprint density at radius 3 is 2.94 bits per heavy atom. The average Bonchev–Trinajstić information content (AvgIpc) is 2.87. The Morgan fingerprint density at radius 1 is 1.65 bits per heavy atom. The van der Waals surface area contributed by atoms with E-state index in [-0.39, 0.29) is 24.7 Å². The summed E-state index contributed by atoms with van der Waals surface area (Å²) in [5, 5.41) is 11.1. The van der Waals surface area contributed by atoms with Crippen molar-refractivity contribution in [2.75, 3.05) is 20.3 Å². The maximum Gasteiger partial charge on any atom is 0.328 e. The molecule has 94 valence electrons. The summed E-state index contributed by atoms with van der Waals surface area (Å²) in [4.78, 5) is 23.1. The molecule has 1 rings (SSSR count). The van der Waals surface area contributed by atoms with Gasteiger partial charge in [0, 0.05) is 13.0 Å². The number of amides is 1. The summed E-state index contributed by atoms with van der Waals surface area (Å²) < 4.78 is 9.68. The Hall–Kier alpha value is -1.61. The predicted octanol–water partition coefficient (Wildman–Crippen LogP) is -0.0155. The molecule has 0 aliphatic carbocycles. The van der Waals surface area contributed by atoms with Crippen LogP contribution in [0.4, 0.5) is 0 Å². The first-order valence-corrected chi connectivity index (χ1v) is 5.52. The zero-order valence-corrected chi connectivity index (χ0v) is 9.77. The number of nitriles is 1. The third-order valence-corrected chi connectivity index (χ3v) is 2.65. The van der Waals surface area contributed by atoms with Crippen LogP contribution in [0.5, 0.6) is 0 Å². The highest BCUT2D eigenvalue weighted by Crippen LogP contribution is 2.13. The third kappa shape index (κ3) is 4.04. The second kappa shape index (κ2) is 6.86. The van der Waals surface area contributed by atoms with Crippen molar-refractivity contribution in [2.24, 2.45) is 5.92 Å². The maximum atomic E-state index is 11.8. The highest BCUT2D eigenvalue weighted by atomic mass is 16.5. The number of methoxy groups -OCH3 is 1. The van der Waals surface area contributed by atoms with Crippen molar-refractivity contribution >= 4 is 11.9 Å². The van der Waals surface area contributed by atoms with Gasteiger partial charge in [-0.1, -0.05) is 0 Å². The van der Waals surface area contributed by atoms with E-state index >= 15 is 0 Å². The first kappa shape index (κ1) is 13.5. The zero-order chi connectivity index (χ0) is 12.7. The van der Waals surface area contributed by atoms with E-state index in [2.05, 4.69) is 10.1 Å². The minimum Gasteiger partial charge on any atom is -0.467 e. The number of carbonyl (C=O) groups is 2. The van der Waals surface area contributed by atoms with E-state index < -0.39 is 12.0 Å². The molecule has 0 saturated carbocycles. The zero-order valence-electron chi connectivity index (χ0n) is 9.77. The van der Waals surface area contributed by atoms with Gasteiger partial charge in [-0.2, -0.15) is 5.26 Å². The summed E-state index contributed by atoms with van der Waals surface area (Å²) in [5.74, 6) is -0.937. The fourth-order valence-corrected chi connectivity index (χ4v) is 1.63. The lowest BCUT2D eigenvalue weighted by molar-refractivity contribution is -0.145. The molecule has 17 heavy (non-hydrogen) atoms. The van der Waals surface area contributed by atoms with E-state index in [9.17, 15) is 9.59 Å². The lowest BCUT2D eigenvalue weighted by atomic mass is 10.1. The molecule has 1 fully saturated rings. The molecule has 0 radical (unpaired) electrons. The fraction of sp³-hybridized carbons (Fsp3) is 0.727. The van der Waals surface area contributed by atoms with Crippen molar-refractivity contribution in [3.8, 4) is 6.07 Å². The minimum atomic E-state index is -0.743. The summed E-state index contributed by atoms with van der Waals surface area (Å²) in [7, 11) is 1.26. The van der Waals surface area contributed by atoms with E-state index in [1.807, 2.05) is 6.07 Å². The van der Waals surface area contributed by atoms with Gasteiger partial charge in [0.05, 0.1) is 25.7 Å². The lowest BCUT2D eigenvalue weighted by Gasteiger charge is -2.17. The number of esters is 1. The number of ether oxygens (including phenoxy) is 2. The van der Waals surface area contributed by atoms with Crippen LogP contribution in [0.15, 0.2) is 0 Å². The van der Waals surface area contributed by atoms with Crippen molar-refractivity contribution in [1.29, 1.82) is 5.26 Å². The summed E-state index contributed by atoms with van der Waals surface area (Å²) >= 11 is 0. The van der Waals surface area contributed by atoms with Crippen molar-refractivity contribution in [2.45, 2.75) is 25.3 Å². The molecule has 6 heteroatoms. The molecule has 1 amide bonds. The molecular formula is C11H16N2O4. The molecule has 1 saturated heterocycles. The number of rotatable bonds is 5. The first-order chi connectivity index (χ1) is 8.19. The highest BCUT2D eigenvalue weighted by molar-refractivity contribution is 5.85. The molecule has 0 aromatic rings. The van der Waals surface area contributed by atoms with Crippen LogP contribution >= 0.6 is 0 Å². The number of hydrogen-bond acceptors (Lipinski definition) is 5. The van der Waals surface area contributed by atoms with Crippen LogP contribution in [0.2, 0.25) is 0 Å². The Balaban J connectivity index is 2.49. The van der Waals surface area contributed by atoms with Crippen LogP contribution in [0.1, 0.15) is 19.3 Å². The largest absolute Gasteiger partial charge is 0.467 e. The van der Waals surface area contributed by atoms with Crippen LogP contribution in [-0.4, -0.2) is 38.2 Å². The Morgan fingerprint density at radius 2 is 2.41 bits per heavy atom. The van der Waals surface area contributed by atoms with Gasteiger partial charge in [-0.25, -0.2) is 4.79 Å². The van der Waals surface area contributed by atoms with Crippen LogP contribution in [0, 0.1) is 17.2 Å². The summed E-state index contributed by atoms with van der Waals surface area (Å²) in [5.41, 5.74) is 0. The van der Waals surface area contributed by atoms with Crippen LogP contribution in [-0.2, 0) is 19.1 Å². The van der Waals surface area contributed by atoms with Crippen LogP contribution < -0.4 is 5.32 Å².